The number of benzene rings is 1. The SMILES string of the molecule is Cn1ccc2ccccc2c1=O.c1nc(N2CCCC2)c2[nH]cnc2n1. The van der Waals surface area contributed by atoms with Crippen LogP contribution in [0.1, 0.15) is 12.8 Å². The fourth-order valence-electron chi connectivity index (χ4n) is 3.21. The molecule has 1 N–H and O–H groups in total. The Hall–Kier alpha value is -3.22. The molecule has 0 atom stereocenters. The average Bonchev–Trinajstić information content (AvgIpc) is 3.37. The molecule has 0 amide bonds. The topological polar surface area (TPSA) is 79.7 Å². The lowest BCUT2D eigenvalue weighted by molar-refractivity contribution is 0.873. The van der Waals surface area contributed by atoms with Crippen LogP contribution in [0.25, 0.3) is 21.9 Å². The molecule has 1 aromatic carbocycles. The highest BCUT2D eigenvalue weighted by Gasteiger charge is 2.17. The number of anilines is 1. The Morgan fingerprint density at radius 3 is 2.69 bits per heavy atom. The van der Waals surface area contributed by atoms with Crippen molar-refractivity contribution in [1.82, 2.24) is 24.5 Å². The van der Waals surface area contributed by atoms with Gasteiger partial charge in [0.2, 0.25) is 0 Å². The van der Waals surface area contributed by atoms with Crippen molar-refractivity contribution in [3.63, 3.8) is 0 Å². The third kappa shape index (κ3) is 3.03. The first-order valence-corrected chi connectivity index (χ1v) is 8.67. The number of nitrogens with zero attached hydrogens (tertiary/aromatic N) is 5. The highest BCUT2D eigenvalue weighted by molar-refractivity contribution is 5.82. The van der Waals surface area contributed by atoms with Gasteiger partial charge in [0.25, 0.3) is 5.56 Å². The Kier molecular flexibility index (Phi) is 4.35. The minimum absolute atomic E-state index is 0.0631. The van der Waals surface area contributed by atoms with Crippen LogP contribution in [-0.2, 0) is 7.05 Å². The summed E-state index contributed by atoms with van der Waals surface area (Å²) in [5.74, 6) is 0.991. The van der Waals surface area contributed by atoms with E-state index in [1.807, 2.05) is 30.3 Å². The summed E-state index contributed by atoms with van der Waals surface area (Å²) in [6.45, 7) is 2.18. The first kappa shape index (κ1) is 16.3. The molecule has 132 valence electrons. The van der Waals surface area contributed by atoms with Gasteiger partial charge < -0.3 is 14.5 Å². The number of nitrogens with one attached hydrogen (secondary N) is 1. The molecule has 0 saturated carbocycles. The van der Waals surface area contributed by atoms with E-state index in [0.29, 0.717) is 0 Å². The number of H-pyrrole nitrogens is 1. The van der Waals surface area contributed by atoms with E-state index in [0.717, 1.165) is 40.8 Å². The summed E-state index contributed by atoms with van der Waals surface area (Å²) in [6.07, 6.45) is 7.53. The van der Waals surface area contributed by atoms with Gasteiger partial charge in [0.05, 0.1) is 6.33 Å². The molecular formula is C19H20N6O. The van der Waals surface area contributed by atoms with Gasteiger partial charge in [-0.05, 0) is 30.4 Å². The lowest BCUT2D eigenvalue weighted by Crippen LogP contribution is -2.19. The molecule has 0 bridgehead atoms. The molecule has 26 heavy (non-hydrogen) atoms. The van der Waals surface area contributed by atoms with Crippen LogP contribution in [0.4, 0.5) is 5.82 Å². The summed E-state index contributed by atoms with van der Waals surface area (Å²) in [5.41, 5.74) is 1.77. The van der Waals surface area contributed by atoms with Gasteiger partial charge in [-0.1, -0.05) is 18.2 Å². The molecule has 1 aliphatic heterocycles. The number of hydrogen-bond donors (Lipinski definition) is 1. The molecule has 4 heterocycles. The fourth-order valence-corrected chi connectivity index (χ4v) is 3.21. The Morgan fingerprint density at radius 1 is 1.04 bits per heavy atom. The second-order valence-electron chi connectivity index (χ2n) is 6.31. The number of pyridine rings is 1. The van der Waals surface area contributed by atoms with Crippen molar-refractivity contribution in [1.29, 1.82) is 0 Å². The van der Waals surface area contributed by atoms with Crippen LogP contribution in [0.15, 0.2) is 54.0 Å². The molecule has 0 spiro atoms. The maximum atomic E-state index is 11.5. The van der Waals surface area contributed by atoms with Crippen LogP contribution >= 0.6 is 0 Å². The fraction of sp³-hybridized carbons (Fsp3) is 0.263. The Morgan fingerprint density at radius 2 is 1.85 bits per heavy atom. The number of rotatable bonds is 1. The molecule has 1 aliphatic rings. The Bertz CT molecular complexity index is 1090. The number of aromatic nitrogens is 5. The van der Waals surface area contributed by atoms with Crippen molar-refractivity contribution < 1.29 is 0 Å². The van der Waals surface area contributed by atoms with Gasteiger partial charge in [-0.2, -0.15) is 0 Å². The minimum Gasteiger partial charge on any atom is -0.355 e. The van der Waals surface area contributed by atoms with E-state index in [-0.39, 0.29) is 5.56 Å². The highest BCUT2D eigenvalue weighted by atomic mass is 16.1. The van der Waals surface area contributed by atoms with Crippen molar-refractivity contribution in [3.8, 4) is 0 Å². The summed E-state index contributed by atoms with van der Waals surface area (Å²) in [6, 6.07) is 9.54. The third-order valence-electron chi connectivity index (χ3n) is 4.60. The zero-order valence-electron chi connectivity index (χ0n) is 14.6. The number of fused-ring (bicyclic) bond motifs is 2. The molecule has 1 fully saturated rings. The lowest BCUT2D eigenvalue weighted by atomic mass is 10.2. The molecule has 0 radical (unpaired) electrons. The predicted molar refractivity (Wildman–Crippen MR) is 102 cm³/mol. The maximum Gasteiger partial charge on any atom is 0.258 e. The molecular weight excluding hydrogens is 328 g/mol. The van der Waals surface area contributed by atoms with E-state index in [1.165, 1.54) is 12.8 Å². The molecule has 7 heteroatoms. The van der Waals surface area contributed by atoms with E-state index < -0.39 is 0 Å². The summed E-state index contributed by atoms with van der Waals surface area (Å²) in [7, 11) is 1.76. The number of hydrogen-bond acceptors (Lipinski definition) is 5. The number of aromatic amines is 1. The van der Waals surface area contributed by atoms with Crippen LogP contribution in [0.2, 0.25) is 0 Å². The van der Waals surface area contributed by atoms with Crippen molar-refractivity contribution >= 4 is 27.8 Å². The van der Waals surface area contributed by atoms with E-state index in [2.05, 4.69) is 24.8 Å². The highest BCUT2D eigenvalue weighted by Crippen LogP contribution is 2.22. The third-order valence-corrected chi connectivity index (χ3v) is 4.60. The zero-order chi connectivity index (χ0) is 17.9. The van der Waals surface area contributed by atoms with Crippen LogP contribution < -0.4 is 10.5 Å². The smallest absolute Gasteiger partial charge is 0.258 e. The van der Waals surface area contributed by atoms with E-state index >= 15 is 0 Å². The summed E-state index contributed by atoms with van der Waals surface area (Å²) in [4.78, 5) is 29.4. The molecule has 4 aromatic rings. The summed E-state index contributed by atoms with van der Waals surface area (Å²) < 4.78 is 1.59. The van der Waals surface area contributed by atoms with Gasteiger partial charge in [-0.15, -0.1) is 0 Å². The van der Waals surface area contributed by atoms with E-state index in [9.17, 15) is 4.79 Å². The van der Waals surface area contributed by atoms with Gasteiger partial charge in [0.1, 0.15) is 11.8 Å². The van der Waals surface area contributed by atoms with Gasteiger partial charge in [0, 0.05) is 31.7 Å². The predicted octanol–water partition coefficient (Wildman–Crippen LogP) is 2.49. The monoisotopic (exact) mass is 348 g/mol. The van der Waals surface area contributed by atoms with Gasteiger partial charge in [0.15, 0.2) is 11.5 Å². The van der Waals surface area contributed by atoms with Crippen LogP contribution in [0, 0.1) is 0 Å². The standard InChI is InChI=1S/C10H9NO.C9H11N5/c1-11-7-6-8-4-2-3-5-9(8)10(11)12;1-2-4-14(3-1)9-7-8(11-5-10-7)12-6-13-9/h2-7H,1H3;5-6H,1-4H2,(H,10,11,12,13). The molecule has 0 unspecified atom stereocenters. The summed E-state index contributed by atoms with van der Waals surface area (Å²) >= 11 is 0. The normalized spacial score (nSPS) is 13.8. The van der Waals surface area contributed by atoms with Crippen molar-refractivity contribution in [2.45, 2.75) is 12.8 Å². The first-order valence-electron chi connectivity index (χ1n) is 8.67. The first-order chi connectivity index (χ1) is 12.7. The van der Waals surface area contributed by atoms with Crippen molar-refractivity contribution in [3.05, 3.63) is 59.5 Å². The number of aryl methyl sites for hydroxylation is 1. The molecule has 7 nitrogen and oxygen atoms in total. The van der Waals surface area contributed by atoms with Crippen LogP contribution in [0.5, 0.6) is 0 Å². The second-order valence-corrected chi connectivity index (χ2v) is 6.31. The quantitative estimate of drug-likeness (QED) is 0.572. The molecule has 5 rings (SSSR count). The Balaban J connectivity index is 0.000000131. The largest absolute Gasteiger partial charge is 0.355 e. The van der Waals surface area contributed by atoms with E-state index in [1.54, 1.807) is 30.5 Å². The Labute approximate surface area is 150 Å². The molecule has 3 aromatic heterocycles. The zero-order valence-corrected chi connectivity index (χ0v) is 14.6. The van der Waals surface area contributed by atoms with Gasteiger partial charge in [-0.25, -0.2) is 15.0 Å². The lowest BCUT2D eigenvalue weighted by Gasteiger charge is -2.15. The van der Waals surface area contributed by atoms with E-state index in [4.69, 9.17) is 0 Å². The van der Waals surface area contributed by atoms with Crippen molar-refractivity contribution in [2.75, 3.05) is 18.0 Å². The minimum atomic E-state index is 0.0631. The van der Waals surface area contributed by atoms with Gasteiger partial charge >= 0.3 is 0 Å². The molecule has 0 aliphatic carbocycles. The van der Waals surface area contributed by atoms with Crippen molar-refractivity contribution in [2.24, 2.45) is 7.05 Å². The average molecular weight is 348 g/mol. The molecule has 1 saturated heterocycles. The number of imidazole rings is 1. The van der Waals surface area contributed by atoms with Crippen LogP contribution in [0.3, 0.4) is 0 Å². The second kappa shape index (κ2) is 6.95. The summed E-state index contributed by atoms with van der Waals surface area (Å²) in [5, 5.41) is 1.78. The van der Waals surface area contributed by atoms with Crippen LogP contribution in [-0.4, -0.2) is 37.6 Å². The maximum absolute atomic E-state index is 11.5. The van der Waals surface area contributed by atoms with Gasteiger partial charge in [-0.3, -0.25) is 4.79 Å².